The van der Waals surface area contributed by atoms with E-state index in [-0.39, 0.29) is 23.8 Å². The van der Waals surface area contributed by atoms with Gasteiger partial charge in [-0.05, 0) is 62.3 Å². The third-order valence-electron chi connectivity index (χ3n) is 5.67. The molecule has 5 nitrogen and oxygen atoms in total. The third-order valence-corrected chi connectivity index (χ3v) is 5.67. The summed E-state index contributed by atoms with van der Waals surface area (Å²) in [6.45, 7) is 2.09. The van der Waals surface area contributed by atoms with E-state index in [0.717, 1.165) is 24.9 Å². The number of amides is 2. The van der Waals surface area contributed by atoms with Gasteiger partial charge in [0.25, 0.3) is 5.91 Å². The average molecular weight is 327 g/mol. The monoisotopic (exact) mass is 327 g/mol. The van der Waals surface area contributed by atoms with E-state index in [1.807, 2.05) is 12.1 Å². The second-order valence-corrected chi connectivity index (χ2v) is 7.67. The lowest BCUT2D eigenvalue weighted by atomic mass is 9.99. The Morgan fingerprint density at radius 3 is 2.25 bits per heavy atom. The number of carbonyl (C=O) groups excluding carboxylic acids is 2. The summed E-state index contributed by atoms with van der Waals surface area (Å²) in [5, 5.41) is 9.67. The summed E-state index contributed by atoms with van der Waals surface area (Å²) in [5.41, 5.74) is 1.41. The van der Waals surface area contributed by atoms with Gasteiger partial charge in [-0.25, -0.2) is 0 Å². The Kier molecular flexibility index (Phi) is 4.04. The lowest BCUT2D eigenvalue weighted by Crippen LogP contribution is -2.48. The summed E-state index contributed by atoms with van der Waals surface area (Å²) in [5.74, 6) is 0.721. The quantitative estimate of drug-likeness (QED) is 0.795. The SMILES string of the molecule is CC1CC1C(=O)Nc1ccc(C(=O)NC2CC3CCC(C2)N3)cc1. The first-order chi connectivity index (χ1) is 11.6. The molecule has 2 heterocycles. The summed E-state index contributed by atoms with van der Waals surface area (Å²) in [6.07, 6.45) is 5.48. The molecule has 2 saturated heterocycles. The van der Waals surface area contributed by atoms with Crippen molar-refractivity contribution in [3.63, 3.8) is 0 Å². The van der Waals surface area contributed by atoms with Crippen LogP contribution >= 0.6 is 0 Å². The van der Waals surface area contributed by atoms with Crippen LogP contribution in [0.3, 0.4) is 0 Å². The molecule has 2 bridgehead atoms. The fourth-order valence-corrected chi connectivity index (χ4v) is 4.07. The molecule has 1 aromatic carbocycles. The van der Waals surface area contributed by atoms with Gasteiger partial charge in [-0.1, -0.05) is 6.92 Å². The molecule has 5 heteroatoms. The molecular weight excluding hydrogens is 302 g/mol. The average Bonchev–Trinajstić information content (AvgIpc) is 3.21. The van der Waals surface area contributed by atoms with E-state index in [2.05, 4.69) is 22.9 Å². The van der Waals surface area contributed by atoms with Crippen LogP contribution in [0, 0.1) is 11.8 Å². The molecule has 2 aliphatic heterocycles. The zero-order valence-electron chi connectivity index (χ0n) is 14.0. The van der Waals surface area contributed by atoms with E-state index in [9.17, 15) is 9.59 Å². The Morgan fingerprint density at radius 2 is 1.67 bits per heavy atom. The highest BCUT2D eigenvalue weighted by Crippen LogP contribution is 2.38. The van der Waals surface area contributed by atoms with Gasteiger partial charge in [0.2, 0.25) is 5.91 Å². The van der Waals surface area contributed by atoms with E-state index >= 15 is 0 Å². The van der Waals surface area contributed by atoms with Crippen molar-refractivity contribution < 1.29 is 9.59 Å². The minimum atomic E-state index is -0.0185. The molecule has 1 aliphatic carbocycles. The molecule has 128 valence electrons. The summed E-state index contributed by atoms with van der Waals surface area (Å²) < 4.78 is 0. The lowest BCUT2D eigenvalue weighted by molar-refractivity contribution is -0.117. The number of piperidine rings is 1. The second-order valence-electron chi connectivity index (χ2n) is 7.67. The molecule has 24 heavy (non-hydrogen) atoms. The van der Waals surface area contributed by atoms with Crippen LogP contribution in [-0.4, -0.2) is 29.9 Å². The maximum Gasteiger partial charge on any atom is 0.251 e. The standard InChI is InChI=1S/C19H25N3O2/c1-11-8-17(11)19(24)21-13-4-2-12(3-5-13)18(23)22-16-9-14-6-7-15(10-16)20-14/h2-5,11,14-17,20H,6-10H2,1H3,(H,21,24)(H,22,23). The van der Waals surface area contributed by atoms with Gasteiger partial charge < -0.3 is 16.0 Å². The van der Waals surface area contributed by atoms with Crippen molar-refractivity contribution in [2.75, 3.05) is 5.32 Å². The van der Waals surface area contributed by atoms with Crippen LogP contribution in [0.1, 0.15) is 49.4 Å². The van der Waals surface area contributed by atoms with Crippen molar-refractivity contribution in [2.45, 2.75) is 57.2 Å². The van der Waals surface area contributed by atoms with Gasteiger partial charge in [0, 0.05) is 35.3 Å². The molecule has 1 aromatic rings. The van der Waals surface area contributed by atoms with Crippen molar-refractivity contribution in [3.8, 4) is 0 Å². The highest BCUT2D eigenvalue weighted by Gasteiger charge is 2.39. The number of benzene rings is 1. The topological polar surface area (TPSA) is 70.2 Å². The predicted octanol–water partition coefficient (Wildman–Crippen LogP) is 2.29. The number of fused-ring (bicyclic) bond motifs is 2. The van der Waals surface area contributed by atoms with Crippen molar-refractivity contribution in [1.29, 1.82) is 0 Å². The molecular formula is C19H25N3O2. The Balaban J connectivity index is 1.32. The third kappa shape index (κ3) is 3.31. The summed E-state index contributed by atoms with van der Waals surface area (Å²) in [4.78, 5) is 24.4. The van der Waals surface area contributed by atoms with Crippen LogP contribution in [0.2, 0.25) is 0 Å². The van der Waals surface area contributed by atoms with Crippen LogP contribution in [0.15, 0.2) is 24.3 Å². The smallest absolute Gasteiger partial charge is 0.251 e. The fourth-order valence-electron chi connectivity index (χ4n) is 4.07. The summed E-state index contributed by atoms with van der Waals surface area (Å²) >= 11 is 0. The Bertz CT molecular complexity index is 631. The summed E-state index contributed by atoms with van der Waals surface area (Å²) in [7, 11) is 0. The largest absolute Gasteiger partial charge is 0.349 e. The van der Waals surface area contributed by atoms with Gasteiger partial charge in [0.15, 0.2) is 0 Å². The molecule has 1 saturated carbocycles. The van der Waals surface area contributed by atoms with Crippen molar-refractivity contribution >= 4 is 17.5 Å². The van der Waals surface area contributed by atoms with Crippen LogP contribution in [0.4, 0.5) is 5.69 Å². The molecule has 0 radical (unpaired) electrons. The van der Waals surface area contributed by atoms with Gasteiger partial charge in [-0.15, -0.1) is 0 Å². The number of carbonyl (C=O) groups is 2. The van der Waals surface area contributed by atoms with Crippen molar-refractivity contribution in [3.05, 3.63) is 29.8 Å². The highest BCUT2D eigenvalue weighted by molar-refractivity contribution is 5.97. The van der Waals surface area contributed by atoms with Crippen LogP contribution in [0.25, 0.3) is 0 Å². The zero-order valence-corrected chi connectivity index (χ0v) is 14.0. The fraction of sp³-hybridized carbons (Fsp3) is 0.579. The Labute approximate surface area is 142 Å². The Hall–Kier alpha value is -1.88. The van der Waals surface area contributed by atoms with E-state index < -0.39 is 0 Å². The first kappa shape index (κ1) is 15.6. The molecule has 4 unspecified atom stereocenters. The molecule has 3 N–H and O–H groups in total. The van der Waals surface area contributed by atoms with Crippen molar-refractivity contribution in [2.24, 2.45) is 11.8 Å². The first-order valence-corrected chi connectivity index (χ1v) is 9.06. The lowest BCUT2D eigenvalue weighted by Gasteiger charge is -2.29. The van der Waals surface area contributed by atoms with Gasteiger partial charge >= 0.3 is 0 Å². The minimum Gasteiger partial charge on any atom is -0.349 e. The van der Waals surface area contributed by atoms with Gasteiger partial charge in [0.05, 0.1) is 0 Å². The highest BCUT2D eigenvalue weighted by atomic mass is 16.2. The Morgan fingerprint density at radius 1 is 1.04 bits per heavy atom. The molecule has 0 spiro atoms. The van der Waals surface area contributed by atoms with Gasteiger partial charge in [-0.2, -0.15) is 0 Å². The first-order valence-electron chi connectivity index (χ1n) is 9.06. The van der Waals surface area contributed by atoms with E-state index in [4.69, 9.17) is 0 Å². The van der Waals surface area contributed by atoms with E-state index in [0.29, 0.717) is 23.6 Å². The minimum absolute atomic E-state index is 0.0185. The molecule has 3 fully saturated rings. The number of anilines is 1. The maximum atomic E-state index is 12.4. The predicted molar refractivity (Wildman–Crippen MR) is 92.8 cm³/mol. The number of hydrogen-bond donors (Lipinski definition) is 3. The number of nitrogens with one attached hydrogen (secondary N) is 3. The number of rotatable bonds is 4. The van der Waals surface area contributed by atoms with Gasteiger partial charge in [-0.3, -0.25) is 9.59 Å². The molecule has 2 amide bonds. The number of hydrogen-bond acceptors (Lipinski definition) is 3. The normalized spacial score (nSPS) is 33.8. The van der Waals surface area contributed by atoms with E-state index in [1.165, 1.54) is 12.8 Å². The van der Waals surface area contributed by atoms with Gasteiger partial charge in [0.1, 0.15) is 0 Å². The second kappa shape index (κ2) is 6.20. The molecule has 0 aromatic heterocycles. The van der Waals surface area contributed by atoms with E-state index in [1.54, 1.807) is 12.1 Å². The van der Waals surface area contributed by atoms with Crippen LogP contribution in [0.5, 0.6) is 0 Å². The zero-order chi connectivity index (χ0) is 16.7. The summed E-state index contributed by atoms with van der Waals surface area (Å²) in [6, 6.07) is 8.60. The van der Waals surface area contributed by atoms with Crippen LogP contribution in [-0.2, 0) is 4.79 Å². The molecule has 3 aliphatic rings. The molecule has 4 rings (SSSR count). The maximum absolute atomic E-state index is 12.4. The van der Waals surface area contributed by atoms with Crippen LogP contribution < -0.4 is 16.0 Å². The molecule has 4 atom stereocenters. The van der Waals surface area contributed by atoms with Crippen molar-refractivity contribution in [1.82, 2.24) is 10.6 Å².